The SMILES string of the molecule is O=C(O)c1ccc(Oc2ccc(O)cc2)c(I)c1. The summed E-state index contributed by atoms with van der Waals surface area (Å²) in [5.41, 5.74) is 0.220. The van der Waals surface area contributed by atoms with Gasteiger partial charge in [-0.15, -0.1) is 0 Å². The van der Waals surface area contributed by atoms with E-state index >= 15 is 0 Å². The van der Waals surface area contributed by atoms with Crippen molar-refractivity contribution in [1.82, 2.24) is 0 Å². The van der Waals surface area contributed by atoms with Gasteiger partial charge in [0.25, 0.3) is 0 Å². The molecule has 0 aliphatic rings. The van der Waals surface area contributed by atoms with Gasteiger partial charge in [-0.05, 0) is 65.1 Å². The van der Waals surface area contributed by atoms with Gasteiger partial charge in [-0.3, -0.25) is 0 Å². The lowest BCUT2D eigenvalue weighted by atomic mass is 10.2. The van der Waals surface area contributed by atoms with Crippen molar-refractivity contribution in [3.05, 3.63) is 51.6 Å². The smallest absolute Gasteiger partial charge is 0.335 e. The van der Waals surface area contributed by atoms with Crippen LogP contribution in [0.1, 0.15) is 10.4 Å². The second-order valence-corrected chi connectivity index (χ2v) is 4.71. The fraction of sp³-hybridized carbons (Fsp3) is 0. The highest BCUT2D eigenvalue weighted by Crippen LogP contribution is 2.28. The quantitative estimate of drug-likeness (QED) is 0.827. The minimum Gasteiger partial charge on any atom is -0.508 e. The van der Waals surface area contributed by atoms with Gasteiger partial charge < -0.3 is 14.9 Å². The zero-order chi connectivity index (χ0) is 13.1. The molecule has 2 aromatic rings. The molecule has 18 heavy (non-hydrogen) atoms. The van der Waals surface area contributed by atoms with Crippen molar-refractivity contribution in [3.63, 3.8) is 0 Å². The first-order chi connectivity index (χ1) is 8.56. The Morgan fingerprint density at radius 1 is 1.11 bits per heavy atom. The average Bonchev–Trinajstić information content (AvgIpc) is 2.34. The Morgan fingerprint density at radius 2 is 1.78 bits per heavy atom. The summed E-state index contributed by atoms with van der Waals surface area (Å²) < 4.78 is 6.30. The maximum absolute atomic E-state index is 10.8. The molecule has 0 heterocycles. The molecular formula is C13H9IO4. The van der Waals surface area contributed by atoms with E-state index in [4.69, 9.17) is 14.9 Å². The molecule has 92 valence electrons. The number of rotatable bonds is 3. The predicted molar refractivity (Wildman–Crippen MR) is 74.3 cm³/mol. The van der Waals surface area contributed by atoms with Crippen LogP contribution >= 0.6 is 22.6 Å². The number of phenols is 1. The number of halogens is 1. The predicted octanol–water partition coefficient (Wildman–Crippen LogP) is 3.49. The van der Waals surface area contributed by atoms with E-state index in [0.29, 0.717) is 15.1 Å². The molecule has 0 saturated heterocycles. The Bertz CT molecular complexity index is 578. The first kappa shape index (κ1) is 12.7. The minimum absolute atomic E-state index is 0.165. The molecule has 0 aromatic heterocycles. The molecule has 0 amide bonds. The number of phenolic OH excluding ortho intramolecular Hbond substituents is 1. The first-order valence-electron chi connectivity index (χ1n) is 5.06. The summed E-state index contributed by atoms with van der Waals surface area (Å²) in [6, 6.07) is 11.0. The number of carboxylic acid groups (broad SMARTS) is 1. The Morgan fingerprint density at radius 3 is 2.33 bits per heavy atom. The van der Waals surface area contributed by atoms with Gasteiger partial charge in [-0.25, -0.2) is 4.79 Å². The molecule has 0 aliphatic heterocycles. The van der Waals surface area contributed by atoms with Crippen LogP contribution in [0.2, 0.25) is 0 Å². The molecular weight excluding hydrogens is 347 g/mol. The third-order valence-corrected chi connectivity index (χ3v) is 3.09. The Hall–Kier alpha value is -1.76. The second-order valence-electron chi connectivity index (χ2n) is 3.55. The average molecular weight is 356 g/mol. The molecule has 2 N–H and O–H groups in total. The molecule has 0 spiro atoms. The van der Waals surface area contributed by atoms with Gasteiger partial charge in [0, 0.05) is 0 Å². The van der Waals surface area contributed by atoms with Crippen LogP contribution in [0.4, 0.5) is 0 Å². The van der Waals surface area contributed by atoms with Gasteiger partial charge in [0.15, 0.2) is 0 Å². The largest absolute Gasteiger partial charge is 0.508 e. The van der Waals surface area contributed by atoms with Gasteiger partial charge in [0.05, 0.1) is 9.13 Å². The molecule has 2 aromatic carbocycles. The number of hydrogen-bond acceptors (Lipinski definition) is 3. The molecule has 0 saturated carbocycles. The molecule has 0 fully saturated rings. The topological polar surface area (TPSA) is 66.8 Å². The van der Waals surface area contributed by atoms with Crippen molar-refractivity contribution in [2.75, 3.05) is 0 Å². The third kappa shape index (κ3) is 2.92. The Balaban J connectivity index is 2.24. The number of carbonyl (C=O) groups is 1. The number of aromatic carboxylic acids is 1. The molecule has 0 unspecified atom stereocenters. The first-order valence-corrected chi connectivity index (χ1v) is 6.14. The van der Waals surface area contributed by atoms with Crippen molar-refractivity contribution in [1.29, 1.82) is 0 Å². The van der Waals surface area contributed by atoms with Gasteiger partial charge in [0.1, 0.15) is 17.2 Å². The third-order valence-electron chi connectivity index (χ3n) is 2.24. The van der Waals surface area contributed by atoms with Crippen molar-refractivity contribution in [3.8, 4) is 17.2 Å². The molecule has 2 rings (SSSR count). The summed E-state index contributed by atoms with van der Waals surface area (Å²) in [6.45, 7) is 0. The van der Waals surface area contributed by atoms with Gasteiger partial charge in [0.2, 0.25) is 0 Å². The van der Waals surface area contributed by atoms with Gasteiger partial charge in [-0.1, -0.05) is 0 Å². The number of aromatic hydroxyl groups is 1. The second kappa shape index (κ2) is 5.26. The van der Waals surface area contributed by atoms with Crippen molar-refractivity contribution >= 4 is 28.6 Å². The van der Waals surface area contributed by atoms with E-state index in [2.05, 4.69) is 0 Å². The van der Waals surface area contributed by atoms with Crippen LogP contribution < -0.4 is 4.74 Å². The van der Waals surface area contributed by atoms with Crippen LogP contribution in [0.15, 0.2) is 42.5 Å². The van der Waals surface area contributed by atoms with E-state index in [0.717, 1.165) is 0 Å². The number of benzene rings is 2. The van der Waals surface area contributed by atoms with E-state index in [1.165, 1.54) is 18.2 Å². The summed E-state index contributed by atoms with van der Waals surface area (Å²) in [5, 5.41) is 18.0. The molecule has 0 bridgehead atoms. The van der Waals surface area contributed by atoms with E-state index in [-0.39, 0.29) is 11.3 Å². The summed E-state index contributed by atoms with van der Waals surface area (Å²) in [6.07, 6.45) is 0. The minimum atomic E-state index is -0.968. The molecule has 0 aliphatic carbocycles. The zero-order valence-electron chi connectivity index (χ0n) is 9.13. The highest BCUT2D eigenvalue weighted by Gasteiger charge is 2.08. The lowest BCUT2D eigenvalue weighted by Crippen LogP contribution is -1.97. The van der Waals surface area contributed by atoms with Crippen molar-refractivity contribution < 1.29 is 19.7 Å². The van der Waals surface area contributed by atoms with E-state index in [1.54, 1.807) is 24.3 Å². The van der Waals surface area contributed by atoms with Crippen LogP contribution in [-0.2, 0) is 0 Å². The van der Waals surface area contributed by atoms with Crippen LogP contribution in [0.25, 0.3) is 0 Å². The van der Waals surface area contributed by atoms with Crippen LogP contribution in [0.5, 0.6) is 17.2 Å². The van der Waals surface area contributed by atoms with E-state index < -0.39 is 5.97 Å². The zero-order valence-corrected chi connectivity index (χ0v) is 11.3. The highest BCUT2D eigenvalue weighted by molar-refractivity contribution is 14.1. The number of ether oxygens (including phenoxy) is 1. The van der Waals surface area contributed by atoms with Crippen molar-refractivity contribution in [2.24, 2.45) is 0 Å². The summed E-state index contributed by atoms with van der Waals surface area (Å²) in [5.74, 6) is 0.349. The fourth-order valence-corrected chi connectivity index (χ4v) is 1.98. The maximum atomic E-state index is 10.8. The molecule has 0 atom stereocenters. The maximum Gasteiger partial charge on any atom is 0.335 e. The summed E-state index contributed by atoms with van der Waals surface area (Å²) in [7, 11) is 0. The van der Waals surface area contributed by atoms with E-state index in [1.807, 2.05) is 22.6 Å². The lowest BCUT2D eigenvalue weighted by molar-refractivity contribution is 0.0697. The van der Waals surface area contributed by atoms with Gasteiger partial charge >= 0.3 is 5.97 Å². The summed E-state index contributed by atoms with van der Waals surface area (Å²) in [4.78, 5) is 10.8. The van der Waals surface area contributed by atoms with E-state index in [9.17, 15) is 4.79 Å². The number of hydrogen-bond donors (Lipinski definition) is 2. The van der Waals surface area contributed by atoms with Gasteiger partial charge in [-0.2, -0.15) is 0 Å². The lowest BCUT2D eigenvalue weighted by Gasteiger charge is -2.08. The highest BCUT2D eigenvalue weighted by atomic mass is 127. The molecule has 5 heteroatoms. The monoisotopic (exact) mass is 356 g/mol. The van der Waals surface area contributed by atoms with Crippen molar-refractivity contribution in [2.45, 2.75) is 0 Å². The standard InChI is InChI=1S/C13H9IO4/c14-11-7-8(13(16)17)1-6-12(11)18-10-4-2-9(15)3-5-10/h1-7,15H,(H,16,17). The number of carboxylic acids is 1. The normalized spacial score (nSPS) is 10.1. The Kier molecular flexibility index (Phi) is 3.71. The van der Waals surface area contributed by atoms with Crippen LogP contribution in [0, 0.1) is 3.57 Å². The molecule has 4 nitrogen and oxygen atoms in total. The summed E-state index contributed by atoms with van der Waals surface area (Å²) >= 11 is 2.02. The molecule has 0 radical (unpaired) electrons. The Labute approximate surface area is 117 Å². The van der Waals surface area contributed by atoms with Crippen LogP contribution in [-0.4, -0.2) is 16.2 Å². The fourth-order valence-electron chi connectivity index (χ4n) is 1.36. The van der Waals surface area contributed by atoms with Crippen LogP contribution in [0.3, 0.4) is 0 Å².